The molecule has 0 heterocycles. The van der Waals surface area contributed by atoms with Crippen LogP contribution >= 0.6 is 26.6 Å². The van der Waals surface area contributed by atoms with Crippen molar-refractivity contribution in [2.75, 3.05) is 13.1 Å². The van der Waals surface area contributed by atoms with Crippen molar-refractivity contribution in [2.45, 2.75) is 32.1 Å². The minimum absolute atomic E-state index is 0.0376. The van der Waals surface area contributed by atoms with Crippen LogP contribution in [-0.4, -0.2) is 32.3 Å². The van der Waals surface area contributed by atoms with E-state index in [1.54, 1.807) is 17.9 Å². The molecule has 0 aliphatic carbocycles. The summed E-state index contributed by atoms with van der Waals surface area (Å²) in [5.41, 5.74) is 0.812. The number of amides is 1. The molecule has 4 nitrogen and oxygen atoms in total. The van der Waals surface area contributed by atoms with Crippen LogP contribution in [0.15, 0.2) is 21.5 Å². The lowest BCUT2D eigenvalue weighted by Crippen LogP contribution is -2.31. The third kappa shape index (κ3) is 3.96. The van der Waals surface area contributed by atoms with Crippen LogP contribution in [0.2, 0.25) is 0 Å². The highest BCUT2D eigenvalue weighted by Crippen LogP contribution is 2.28. The van der Waals surface area contributed by atoms with E-state index in [-0.39, 0.29) is 10.8 Å². The standard InChI is InChI=1S/C13H17BrClNO3S/c1-4-6-16(5-2)13(17)10-7-11(14)9(3)12(8-10)20(15,18)19/h7-8H,4-6H2,1-3H3. The Bertz CT molecular complexity index is 616. The molecule has 1 amide bonds. The van der Waals surface area contributed by atoms with Gasteiger partial charge in [0.05, 0.1) is 4.90 Å². The Kier molecular flexibility index (Phi) is 6.04. The fourth-order valence-corrected chi connectivity index (χ4v) is 3.70. The van der Waals surface area contributed by atoms with Gasteiger partial charge in [-0.1, -0.05) is 22.9 Å². The Hall–Kier alpha value is -0.590. The second kappa shape index (κ2) is 6.91. The van der Waals surface area contributed by atoms with Crippen molar-refractivity contribution < 1.29 is 13.2 Å². The molecule has 0 atom stereocenters. The monoisotopic (exact) mass is 381 g/mol. The van der Waals surface area contributed by atoms with E-state index in [4.69, 9.17) is 10.7 Å². The highest BCUT2D eigenvalue weighted by molar-refractivity contribution is 9.10. The van der Waals surface area contributed by atoms with Crippen molar-refractivity contribution in [3.05, 3.63) is 27.7 Å². The van der Waals surface area contributed by atoms with Gasteiger partial charge in [-0.05, 0) is 38.0 Å². The highest BCUT2D eigenvalue weighted by atomic mass is 79.9. The van der Waals surface area contributed by atoms with Gasteiger partial charge in [-0.2, -0.15) is 0 Å². The quantitative estimate of drug-likeness (QED) is 0.732. The number of hydrogen-bond donors (Lipinski definition) is 0. The number of carbonyl (C=O) groups excluding carboxylic acids is 1. The Labute approximate surface area is 132 Å². The van der Waals surface area contributed by atoms with E-state index < -0.39 is 9.05 Å². The average Bonchev–Trinajstić information content (AvgIpc) is 2.36. The zero-order chi connectivity index (χ0) is 15.5. The number of halogens is 2. The van der Waals surface area contributed by atoms with Crippen LogP contribution in [0.3, 0.4) is 0 Å². The van der Waals surface area contributed by atoms with Gasteiger partial charge in [-0.15, -0.1) is 0 Å². The van der Waals surface area contributed by atoms with Gasteiger partial charge in [-0.3, -0.25) is 4.79 Å². The van der Waals surface area contributed by atoms with Gasteiger partial charge < -0.3 is 4.90 Å². The Morgan fingerprint density at radius 2 is 1.95 bits per heavy atom. The van der Waals surface area contributed by atoms with Crippen molar-refractivity contribution >= 4 is 41.6 Å². The van der Waals surface area contributed by atoms with E-state index in [1.165, 1.54) is 6.07 Å². The maximum absolute atomic E-state index is 12.4. The lowest BCUT2D eigenvalue weighted by molar-refractivity contribution is 0.0764. The molecular formula is C13H17BrClNO3S. The molecule has 0 aromatic heterocycles. The Morgan fingerprint density at radius 1 is 1.35 bits per heavy atom. The van der Waals surface area contributed by atoms with Crippen molar-refractivity contribution in [3.63, 3.8) is 0 Å². The second-order valence-electron chi connectivity index (χ2n) is 4.40. The number of rotatable bonds is 5. The molecule has 1 aromatic carbocycles. The smallest absolute Gasteiger partial charge is 0.261 e. The first-order valence-electron chi connectivity index (χ1n) is 6.26. The molecular weight excluding hydrogens is 366 g/mol. The minimum Gasteiger partial charge on any atom is -0.339 e. The van der Waals surface area contributed by atoms with Crippen molar-refractivity contribution in [1.82, 2.24) is 4.90 Å². The molecule has 7 heteroatoms. The summed E-state index contributed by atoms with van der Waals surface area (Å²) in [6, 6.07) is 2.96. The first kappa shape index (κ1) is 17.5. The lowest BCUT2D eigenvalue weighted by Gasteiger charge is -2.21. The molecule has 0 saturated heterocycles. The molecule has 0 radical (unpaired) electrons. The van der Waals surface area contributed by atoms with E-state index in [9.17, 15) is 13.2 Å². The minimum atomic E-state index is -3.89. The Balaban J connectivity index is 3.34. The summed E-state index contributed by atoms with van der Waals surface area (Å²) in [6.45, 7) is 6.70. The fourth-order valence-electron chi connectivity index (χ4n) is 1.89. The zero-order valence-corrected chi connectivity index (χ0v) is 14.8. The van der Waals surface area contributed by atoms with Crippen LogP contribution < -0.4 is 0 Å². The number of hydrogen-bond acceptors (Lipinski definition) is 3. The van der Waals surface area contributed by atoms with E-state index in [0.717, 1.165) is 6.42 Å². The topological polar surface area (TPSA) is 54.5 Å². The van der Waals surface area contributed by atoms with Gasteiger partial charge in [0, 0.05) is 33.8 Å². The predicted octanol–water partition coefficient (Wildman–Crippen LogP) is 3.56. The lowest BCUT2D eigenvalue weighted by atomic mass is 10.1. The van der Waals surface area contributed by atoms with E-state index >= 15 is 0 Å². The normalized spacial score (nSPS) is 11.4. The largest absolute Gasteiger partial charge is 0.339 e. The first-order chi connectivity index (χ1) is 9.22. The van der Waals surface area contributed by atoms with E-state index in [0.29, 0.717) is 28.7 Å². The number of carbonyl (C=O) groups is 1. The van der Waals surface area contributed by atoms with E-state index in [2.05, 4.69) is 15.9 Å². The van der Waals surface area contributed by atoms with Crippen molar-refractivity contribution in [3.8, 4) is 0 Å². The number of benzene rings is 1. The Morgan fingerprint density at radius 3 is 2.40 bits per heavy atom. The van der Waals surface area contributed by atoms with Crippen LogP contribution in [-0.2, 0) is 9.05 Å². The van der Waals surface area contributed by atoms with Gasteiger partial charge in [0.1, 0.15) is 0 Å². The van der Waals surface area contributed by atoms with Gasteiger partial charge >= 0.3 is 0 Å². The molecule has 0 aliphatic rings. The molecule has 20 heavy (non-hydrogen) atoms. The van der Waals surface area contributed by atoms with Crippen LogP contribution in [0.5, 0.6) is 0 Å². The predicted molar refractivity (Wildman–Crippen MR) is 83.8 cm³/mol. The fraction of sp³-hybridized carbons (Fsp3) is 0.462. The van der Waals surface area contributed by atoms with Gasteiger partial charge in [-0.25, -0.2) is 8.42 Å². The van der Waals surface area contributed by atoms with E-state index in [1.807, 2.05) is 13.8 Å². The highest BCUT2D eigenvalue weighted by Gasteiger charge is 2.21. The third-order valence-electron chi connectivity index (χ3n) is 2.97. The van der Waals surface area contributed by atoms with Crippen molar-refractivity contribution in [2.24, 2.45) is 0 Å². The summed E-state index contributed by atoms with van der Waals surface area (Å²) < 4.78 is 23.7. The second-order valence-corrected chi connectivity index (χ2v) is 7.79. The summed E-state index contributed by atoms with van der Waals surface area (Å²) in [5.74, 6) is -0.198. The SMILES string of the molecule is CCCN(CC)C(=O)c1cc(Br)c(C)c(S(=O)(=O)Cl)c1. The van der Waals surface area contributed by atoms with Gasteiger partial charge in [0.15, 0.2) is 0 Å². The zero-order valence-electron chi connectivity index (χ0n) is 11.6. The van der Waals surface area contributed by atoms with Crippen LogP contribution in [0.4, 0.5) is 0 Å². The summed E-state index contributed by atoms with van der Waals surface area (Å²) in [7, 11) is 1.53. The molecule has 1 rings (SSSR count). The molecule has 0 N–H and O–H groups in total. The molecule has 0 unspecified atom stereocenters. The van der Waals surface area contributed by atoms with Crippen molar-refractivity contribution in [1.29, 1.82) is 0 Å². The van der Waals surface area contributed by atoms with Crippen LogP contribution in [0.1, 0.15) is 36.2 Å². The maximum atomic E-state index is 12.4. The molecule has 0 saturated carbocycles. The summed E-state index contributed by atoms with van der Waals surface area (Å²) in [4.78, 5) is 14.0. The third-order valence-corrected chi connectivity index (χ3v) is 5.24. The van der Waals surface area contributed by atoms with Crippen LogP contribution in [0.25, 0.3) is 0 Å². The summed E-state index contributed by atoms with van der Waals surface area (Å²) >= 11 is 3.27. The summed E-state index contributed by atoms with van der Waals surface area (Å²) in [6.07, 6.45) is 0.841. The summed E-state index contributed by atoms with van der Waals surface area (Å²) in [5, 5.41) is 0. The molecule has 0 fully saturated rings. The molecule has 0 bridgehead atoms. The van der Waals surface area contributed by atoms with Gasteiger partial charge in [0.25, 0.3) is 15.0 Å². The number of nitrogens with zero attached hydrogens (tertiary/aromatic N) is 1. The van der Waals surface area contributed by atoms with Gasteiger partial charge in [0.2, 0.25) is 0 Å². The average molecular weight is 383 g/mol. The molecule has 1 aromatic rings. The molecule has 0 aliphatic heterocycles. The maximum Gasteiger partial charge on any atom is 0.261 e. The molecule has 112 valence electrons. The first-order valence-corrected chi connectivity index (χ1v) is 9.36. The van der Waals surface area contributed by atoms with Crippen LogP contribution in [0, 0.1) is 6.92 Å². The molecule has 0 spiro atoms.